The second kappa shape index (κ2) is 9.17. The molecule has 34 heavy (non-hydrogen) atoms. The Kier molecular flexibility index (Phi) is 6.44. The molecular formula is C24H21F6N3O. The van der Waals surface area contributed by atoms with Crippen LogP contribution in [0, 0.1) is 0 Å². The minimum Gasteiger partial charge on any atom is -0.405 e. The molecule has 0 amide bonds. The molecule has 2 aromatic carbocycles. The lowest BCUT2D eigenvalue weighted by Crippen LogP contribution is -2.31. The second-order valence-corrected chi connectivity index (χ2v) is 7.92. The van der Waals surface area contributed by atoms with Crippen molar-refractivity contribution in [2.24, 2.45) is 0 Å². The zero-order valence-corrected chi connectivity index (χ0v) is 18.0. The standard InChI is InChI=1S/C24H21F6N3O/c1-2-12-33-20-15-32(14-17-5-3-4-6-21(17)34-24(28,29)30)13-11-19(20)31-22(33)16-7-9-18(10-8-16)23(25,26)27/h2-10H,1,11-15H2. The van der Waals surface area contributed by atoms with Crippen LogP contribution in [0.3, 0.4) is 0 Å². The van der Waals surface area contributed by atoms with E-state index < -0.39 is 18.1 Å². The Morgan fingerprint density at radius 3 is 2.35 bits per heavy atom. The van der Waals surface area contributed by atoms with Gasteiger partial charge in [-0.25, -0.2) is 4.98 Å². The minimum absolute atomic E-state index is 0.237. The molecule has 0 unspecified atom stereocenters. The molecule has 1 aliphatic heterocycles. The summed E-state index contributed by atoms with van der Waals surface area (Å²) >= 11 is 0. The van der Waals surface area contributed by atoms with Gasteiger partial charge in [-0.2, -0.15) is 13.2 Å². The number of nitrogens with zero attached hydrogens (tertiary/aromatic N) is 3. The van der Waals surface area contributed by atoms with Crippen LogP contribution in [-0.4, -0.2) is 27.4 Å². The molecule has 0 saturated heterocycles. The molecule has 180 valence electrons. The van der Waals surface area contributed by atoms with Crippen molar-refractivity contribution >= 4 is 0 Å². The van der Waals surface area contributed by atoms with Crippen LogP contribution < -0.4 is 4.74 Å². The number of benzene rings is 2. The van der Waals surface area contributed by atoms with Crippen molar-refractivity contribution in [3.63, 3.8) is 0 Å². The Morgan fingerprint density at radius 1 is 1.00 bits per heavy atom. The van der Waals surface area contributed by atoms with E-state index in [1.165, 1.54) is 24.3 Å². The van der Waals surface area contributed by atoms with Crippen molar-refractivity contribution in [3.8, 4) is 17.1 Å². The molecule has 0 saturated carbocycles. The van der Waals surface area contributed by atoms with E-state index in [1.54, 1.807) is 18.2 Å². The number of halogens is 6. The maximum Gasteiger partial charge on any atom is 0.573 e. The van der Waals surface area contributed by atoms with E-state index in [0.717, 1.165) is 23.5 Å². The number of hydrogen-bond acceptors (Lipinski definition) is 3. The Morgan fingerprint density at radius 2 is 1.71 bits per heavy atom. The topological polar surface area (TPSA) is 30.3 Å². The largest absolute Gasteiger partial charge is 0.573 e. The molecule has 4 rings (SSSR count). The minimum atomic E-state index is -4.79. The van der Waals surface area contributed by atoms with Crippen LogP contribution in [0.15, 0.2) is 61.2 Å². The molecule has 0 spiro atoms. The van der Waals surface area contributed by atoms with Crippen molar-refractivity contribution in [1.29, 1.82) is 0 Å². The molecule has 0 radical (unpaired) electrons. The SMILES string of the molecule is C=CCn1c(-c2ccc(C(F)(F)F)cc2)nc2c1CN(Cc1ccccc1OC(F)(F)F)CC2. The number of allylic oxidation sites excluding steroid dienone is 1. The number of ether oxygens (including phenoxy) is 1. The molecule has 0 fully saturated rings. The summed E-state index contributed by atoms with van der Waals surface area (Å²) in [6.07, 6.45) is -7.00. The van der Waals surface area contributed by atoms with E-state index >= 15 is 0 Å². The van der Waals surface area contributed by atoms with Gasteiger partial charge in [0.2, 0.25) is 0 Å². The van der Waals surface area contributed by atoms with Crippen LogP contribution in [0.25, 0.3) is 11.4 Å². The Hall–Kier alpha value is -3.27. The number of hydrogen-bond donors (Lipinski definition) is 0. The van der Waals surface area contributed by atoms with Crippen LogP contribution in [0.5, 0.6) is 5.75 Å². The first-order valence-corrected chi connectivity index (χ1v) is 10.5. The van der Waals surface area contributed by atoms with Gasteiger partial charge in [-0.15, -0.1) is 19.8 Å². The third-order valence-electron chi connectivity index (χ3n) is 5.57. The van der Waals surface area contributed by atoms with E-state index in [4.69, 9.17) is 0 Å². The number of para-hydroxylation sites is 1. The normalized spacial score (nSPS) is 14.6. The molecular weight excluding hydrogens is 460 g/mol. The fourth-order valence-corrected chi connectivity index (χ4v) is 4.06. The highest BCUT2D eigenvalue weighted by Crippen LogP contribution is 2.33. The van der Waals surface area contributed by atoms with Gasteiger partial charge in [-0.3, -0.25) is 4.90 Å². The Labute approximate surface area is 192 Å². The van der Waals surface area contributed by atoms with E-state index in [1.807, 2.05) is 9.47 Å². The maximum atomic E-state index is 12.9. The van der Waals surface area contributed by atoms with Gasteiger partial charge < -0.3 is 9.30 Å². The Bertz CT molecular complexity index is 1160. The zero-order chi connectivity index (χ0) is 24.5. The van der Waals surface area contributed by atoms with Gasteiger partial charge in [-0.1, -0.05) is 36.4 Å². The summed E-state index contributed by atoms with van der Waals surface area (Å²) < 4.78 is 83.2. The summed E-state index contributed by atoms with van der Waals surface area (Å²) in [5.41, 5.74) is 1.87. The monoisotopic (exact) mass is 481 g/mol. The predicted molar refractivity (Wildman–Crippen MR) is 114 cm³/mol. The van der Waals surface area contributed by atoms with Crippen molar-refractivity contribution in [2.75, 3.05) is 6.54 Å². The summed E-state index contributed by atoms with van der Waals surface area (Å²) in [5, 5.41) is 0. The van der Waals surface area contributed by atoms with Crippen molar-refractivity contribution in [2.45, 2.75) is 38.6 Å². The molecule has 0 bridgehead atoms. The van der Waals surface area contributed by atoms with Gasteiger partial charge in [0, 0.05) is 43.7 Å². The molecule has 0 N–H and O–H groups in total. The number of rotatable bonds is 6. The fraction of sp³-hybridized carbons (Fsp3) is 0.292. The molecule has 1 aliphatic rings. The molecule has 0 atom stereocenters. The summed E-state index contributed by atoms with van der Waals surface area (Å²) in [6, 6.07) is 10.8. The maximum absolute atomic E-state index is 12.9. The van der Waals surface area contributed by atoms with Gasteiger partial charge in [0.1, 0.15) is 11.6 Å². The number of aromatic nitrogens is 2. The van der Waals surface area contributed by atoms with Gasteiger partial charge in [0.15, 0.2) is 0 Å². The van der Waals surface area contributed by atoms with Crippen molar-refractivity contribution < 1.29 is 31.1 Å². The third kappa shape index (κ3) is 5.27. The molecule has 3 aromatic rings. The predicted octanol–water partition coefficient (Wildman–Crippen LogP) is 6.21. The van der Waals surface area contributed by atoms with E-state index in [0.29, 0.717) is 43.0 Å². The van der Waals surface area contributed by atoms with Crippen molar-refractivity contribution in [3.05, 3.63) is 83.7 Å². The highest BCUT2D eigenvalue weighted by molar-refractivity contribution is 5.58. The molecule has 10 heteroatoms. The van der Waals surface area contributed by atoms with Gasteiger partial charge in [-0.05, 0) is 18.2 Å². The van der Waals surface area contributed by atoms with Crippen LogP contribution in [0.4, 0.5) is 26.3 Å². The van der Waals surface area contributed by atoms with E-state index in [9.17, 15) is 26.3 Å². The molecule has 1 aromatic heterocycles. The van der Waals surface area contributed by atoms with Crippen molar-refractivity contribution in [1.82, 2.24) is 14.5 Å². The molecule has 0 aliphatic carbocycles. The summed E-state index contributed by atoms with van der Waals surface area (Å²) in [6.45, 7) is 5.36. The number of fused-ring (bicyclic) bond motifs is 1. The molecule has 2 heterocycles. The highest BCUT2D eigenvalue weighted by Gasteiger charge is 2.33. The number of imidazole rings is 1. The van der Waals surface area contributed by atoms with E-state index in [2.05, 4.69) is 16.3 Å². The average Bonchev–Trinajstić information content (AvgIpc) is 3.12. The van der Waals surface area contributed by atoms with Gasteiger partial charge in [0.25, 0.3) is 0 Å². The van der Waals surface area contributed by atoms with Crippen LogP contribution >= 0.6 is 0 Å². The van der Waals surface area contributed by atoms with Gasteiger partial charge in [0.05, 0.1) is 17.0 Å². The summed E-state index contributed by atoms with van der Waals surface area (Å²) in [4.78, 5) is 6.66. The first-order valence-electron chi connectivity index (χ1n) is 10.5. The lowest BCUT2D eigenvalue weighted by Gasteiger charge is -2.28. The molecule has 4 nitrogen and oxygen atoms in total. The first-order chi connectivity index (χ1) is 16.0. The van der Waals surface area contributed by atoms with Gasteiger partial charge >= 0.3 is 12.5 Å². The van der Waals surface area contributed by atoms with Crippen LogP contribution in [0.1, 0.15) is 22.5 Å². The quantitative estimate of drug-likeness (QED) is 0.310. The number of alkyl halides is 6. The lowest BCUT2D eigenvalue weighted by molar-refractivity contribution is -0.275. The summed E-state index contributed by atoms with van der Waals surface area (Å²) in [5.74, 6) is 0.284. The summed E-state index contributed by atoms with van der Waals surface area (Å²) in [7, 11) is 0. The average molecular weight is 481 g/mol. The fourth-order valence-electron chi connectivity index (χ4n) is 4.06. The lowest BCUT2D eigenvalue weighted by atomic mass is 10.1. The van der Waals surface area contributed by atoms with Crippen LogP contribution in [0.2, 0.25) is 0 Å². The highest BCUT2D eigenvalue weighted by atomic mass is 19.4. The zero-order valence-electron chi connectivity index (χ0n) is 18.0. The third-order valence-corrected chi connectivity index (χ3v) is 5.57. The van der Waals surface area contributed by atoms with Crippen LogP contribution in [-0.2, 0) is 32.2 Å². The smallest absolute Gasteiger partial charge is 0.405 e. The van der Waals surface area contributed by atoms with E-state index in [-0.39, 0.29) is 12.3 Å². The Balaban J connectivity index is 1.60. The second-order valence-electron chi connectivity index (χ2n) is 7.92. The first kappa shape index (κ1) is 23.9.